The van der Waals surface area contributed by atoms with E-state index in [2.05, 4.69) is 5.32 Å². The largest absolute Gasteiger partial charge is 0.321 e. The van der Waals surface area contributed by atoms with E-state index in [1.807, 2.05) is 0 Å². The van der Waals surface area contributed by atoms with Crippen LogP contribution in [0.3, 0.4) is 0 Å². The van der Waals surface area contributed by atoms with Crippen molar-refractivity contribution in [1.29, 1.82) is 0 Å². The standard InChI is InChI=1S/C18H14FNO3S2/c1-25(22,23)15-4-2-3-14(11-15)20-18(21)17-10-9-16(24-17)12-5-7-13(19)8-6-12/h2-11H,1H3,(H,20,21). The molecule has 0 aliphatic carbocycles. The highest BCUT2D eigenvalue weighted by atomic mass is 32.2. The zero-order chi connectivity index (χ0) is 18.0. The molecule has 7 heteroatoms. The molecule has 0 saturated heterocycles. The number of rotatable bonds is 4. The Labute approximate surface area is 148 Å². The average Bonchev–Trinajstić information content (AvgIpc) is 3.05. The van der Waals surface area contributed by atoms with Gasteiger partial charge in [-0.15, -0.1) is 11.3 Å². The van der Waals surface area contributed by atoms with Crippen molar-refractivity contribution in [2.45, 2.75) is 4.90 Å². The predicted molar refractivity (Wildman–Crippen MR) is 97.2 cm³/mol. The van der Waals surface area contributed by atoms with Crippen LogP contribution in [-0.4, -0.2) is 20.6 Å². The minimum absolute atomic E-state index is 0.142. The van der Waals surface area contributed by atoms with Gasteiger partial charge in [0.15, 0.2) is 9.84 Å². The summed E-state index contributed by atoms with van der Waals surface area (Å²) in [6.07, 6.45) is 1.11. The van der Waals surface area contributed by atoms with E-state index >= 15 is 0 Å². The fraction of sp³-hybridized carbons (Fsp3) is 0.0556. The molecule has 128 valence electrons. The average molecular weight is 375 g/mol. The highest BCUT2D eigenvalue weighted by Crippen LogP contribution is 2.29. The Balaban J connectivity index is 1.80. The topological polar surface area (TPSA) is 63.2 Å². The Bertz CT molecular complexity index is 1020. The molecule has 3 rings (SSSR count). The number of sulfone groups is 1. The third kappa shape index (κ3) is 4.12. The first kappa shape index (κ1) is 17.3. The van der Waals surface area contributed by atoms with Gasteiger partial charge >= 0.3 is 0 Å². The quantitative estimate of drug-likeness (QED) is 0.743. The van der Waals surface area contributed by atoms with E-state index in [0.29, 0.717) is 10.6 Å². The lowest BCUT2D eigenvalue weighted by Crippen LogP contribution is -2.10. The van der Waals surface area contributed by atoms with E-state index < -0.39 is 9.84 Å². The summed E-state index contributed by atoms with van der Waals surface area (Å²) in [5.41, 5.74) is 1.23. The second-order valence-electron chi connectivity index (χ2n) is 5.42. The maximum Gasteiger partial charge on any atom is 0.265 e. The second kappa shape index (κ2) is 6.78. The summed E-state index contributed by atoms with van der Waals surface area (Å²) >= 11 is 1.28. The Morgan fingerprint density at radius 1 is 1.04 bits per heavy atom. The molecule has 0 aliphatic heterocycles. The molecule has 0 saturated carbocycles. The van der Waals surface area contributed by atoms with Crippen LogP contribution in [0.4, 0.5) is 10.1 Å². The van der Waals surface area contributed by atoms with Gasteiger partial charge in [0.25, 0.3) is 5.91 Å². The van der Waals surface area contributed by atoms with Crippen LogP contribution in [0.5, 0.6) is 0 Å². The number of thiophene rings is 1. The molecule has 0 bridgehead atoms. The number of hydrogen-bond acceptors (Lipinski definition) is 4. The molecule has 25 heavy (non-hydrogen) atoms. The van der Waals surface area contributed by atoms with Crippen molar-refractivity contribution in [1.82, 2.24) is 0 Å². The first-order valence-corrected chi connectivity index (χ1v) is 10.0. The molecule has 3 aromatic rings. The maximum atomic E-state index is 13.0. The van der Waals surface area contributed by atoms with E-state index in [4.69, 9.17) is 0 Å². The summed E-state index contributed by atoms with van der Waals surface area (Å²) in [7, 11) is -3.34. The Morgan fingerprint density at radius 3 is 2.44 bits per heavy atom. The first-order valence-electron chi connectivity index (χ1n) is 7.30. The zero-order valence-corrected chi connectivity index (χ0v) is 14.8. The van der Waals surface area contributed by atoms with E-state index in [-0.39, 0.29) is 16.6 Å². The third-order valence-electron chi connectivity index (χ3n) is 3.48. The summed E-state index contributed by atoms with van der Waals surface area (Å²) in [4.78, 5) is 13.8. The predicted octanol–water partition coefficient (Wildman–Crippen LogP) is 4.21. The minimum atomic E-state index is -3.34. The minimum Gasteiger partial charge on any atom is -0.321 e. The van der Waals surface area contributed by atoms with Gasteiger partial charge in [-0.2, -0.15) is 0 Å². The van der Waals surface area contributed by atoms with Crippen molar-refractivity contribution < 1.29 is 17.6 Å². The summed E-state index contributed by atoms with van der Waals surface area (Å²) < 4.78 is 36.2. The molecule has 0 atom stereocenters. The molecular formula is C18H14FNO3S2. The fourth-order valence-electron chi connectivity index (χ4n) is 2.23. The lowest BCUT2D eigenvalue weighted by Gasteiger charge is -2.05. The van der Waals surface area contributed by atoms with Crippen LogP contribution in [0.1, 0.15) is 9.67 Å². The molecular weight excluding hydrogens is 361 g/mol. The van der Waals surface area contributed by atoms with Gasteiger partial charge in [-0.3, -0.25) is 4.79 Å². The van der Waals surface area contributed by atoms with Gasteiger partial charge < -0.3 is 5.32 Å². The number of carbonyl (C=O) groups is 1. The van der Waals surface area contributed by atoms with Gasteiger partial charge in [0.05, 0.1) is 9.77 Å². The van der Waals surface area contributed by atoms with Crippen molar-refractivity contribution in [2.75, 3.05) is 11.6 Å². The number of benzene rings is 2. The van der Waals surface area contributed by atoms with Gasteiger partial charge in [0.2, 0.25) is 0 Å². The van der Waals surface area contributed by atoms with E-state index in [9.17, 15) is 17.6 Å². The van der Waals surface area contributed by atoms with Gasteiger partial charge in [-0.25, -0.2) is 12.8 Å². The molecule has 2 aromatic carbocycles. The normalized spacial score (nSPS) is 11.3. The van der Waals surface area contributed by atoms with Gasteiger partial charge in [-0.1, -0.05) is 18.2 Å². The van der Waals surface area contributed by atoms with Crippen molar-refractivity contribution in [3.63, 3.8) is 0 Å². The van der Waals surface area contributed by atoms with Crippen LogP contribution in [0.15, 0.2) is 65.6 Å². The molecule has 1 N–H and O–H groups in total. The molecule has 1 aromatic heterocycles. The summed E-state index contributed by atoms with van der Waals surface area (Å²) in [6.45, 7) is 0. The summed E-state index contributed by atoms with van der Waals surface area (Å²) in [6, 6.07) is 15.6. The highest BCUT2D eigenvalue weighted by Gasteiger charge is 2.13. The number of hydrogen-bond donors (Lipinski definition) is 1. The molecule has 0 spiro atoms. The van der Waals surface area contributed by atoms with Crippen LogP contribution >= 0.6 is 11.3 Å². The molecule has 4 nitrogen and oxygen atoms in total. The van der Waals surface area contributed by atoms with Gasteiger partial charge in [-0.05, 0) is 48.0 Å². The highest BCUT2D eigenvalue weighted by molar-refractivity contribution is 7.90. The summed E-state index contributed by atoms with van der Waals surface area (Å²) in [5, 5.41) is 2.69. The molecule has 1 heterocycles. The third-order valence-corrected chi connectivity index (χ3v) is 5.72. The van der Waals surface area contributed by atoms with Crippen LogP contribution in [0, 0.1) is 5.82 Å². The van der Waals surface area contributed by atoms with Gasteiger partial charge in [0, 0.05) is 16.8 Å². The number of halogens is 1. The Morgan fingerprint density at radius 2 is 1.76 bits per heavy atom. The first-order chi connectivity index (χ1) is 11.8. The molecule has 0 unspecified atom stereocenters. The van der Waals surface area contributed by atoms with Crippen LogP contribution < -0.4 is 5.32 Å². The van der Waals surface area contributed by atoms with Crippen molar-refractivity contribution >= 4 is 32.8 Å². The molecule has 1 amide bonds. The fourth-order valence-corrected chi connectivity index (χ4v) is 3.80. The lowest BCUT2D eigenvalue weighted by molar-refractivity contribution is 0.103. The zero-order valence-electron chi connectivity index (χ0n) is 13.2. The van der Waals surface area contributed by atoms with Crippen molar-refractivity contribution in [3.05, 3.63) is 71.4 Å². The van der Waals surface area contributed by atoms with Crippen LogP contribution in [-0.2, 0) is 9.84 Å². The number of anilines is 1. The van der Waals surface area contributed by atoms with E-state index in [1.165, 1.54) is 35.6 Å². The van der Waals surface area contributed by atoms with Crippen molar-refractivity contribution in [2.24, 2.45) is 0 Å². The van der Waals surface area contributed by atoms with E-state index in [1.54, 1.807) is 36.4 Å². The Kier molecular flexibility index (Phi) is 4.69. The van der Waals surface area contributed by atoms with Crippen LogP contribution in [0.2, 0.25) is 0 Å². The van der Waals surface area contributed by atoms with E-state index in [0.717, 1.165) is 16.7 Å². The number of carbonyl (C=O) groups excluding carboxylic acids is 1. The molecule has 0 fully saturated rings. The smallest absolute Gasteiger partial charge is 0.265 e. The lowest BCUT2D eigenvalue weighted by atomic mass is 10.2. The number of nitrogens with one attached hydrogen (secondary N) is 1. The number of amides is 1. The molecule has 0 radical (unpaired) electrons. The maximum absolute atomic E-state index is 13.0. The summed E-state index contributed by atoms with van der Waals surface area (Å²) in [5.74, 6) is -0.645. The SMILES string of the molecule is CS(=O)(=O)c1cccc(NC(=O)c2ccc(-c3ccc(F)cc3)s2)c1. The second-order valence-corrected chi connectivity index (χ2v) is 8.52. The Hall–Kier alpha value is -2.51. The van der Waals surface area contributed by atoms with Crippen molar-refractivity contribution in [3.8, 4) is 10.4 Å². The molecule has 0 aliphatic rings. The van der Waals surface area contributed by atoms with Crippen LogP contribution in [0.25, 0.3) is 10.4 Å². The van der Waals surface area contributed by atoms with Gasteiger partial charge in [0.1, 0.15) is 5.82 Å². The monoisotopic (exact) mass is 375 g/mol.